The molecular weight excluding hydrogens is 420 g/mol. The lowest BCUT2D eigenvalue weighted by molar-refractivity contribution is -0.136. The largest absolute Gasteiger partial charge is 0.486 e. The summed E-state index contributed by atoms with van der Waals surface area (Å²) in [5.74, 6) is 0.128. The summed E-state index contributed by atoms with van der Waals surface area (Å²) in [4.78, 5) is 13.7. The number of halogens is 2. The van der Waals surface area contributed by atoms with Crippen LogP contribution < -0.4 is 14.8 Å². The first-order valence-corrected chi connectivity index (χ1v) is 10.8. The molecule has 9 nitrogen and oxygen atoms in total. The second-order valence-corrected chi connectivity index (χ2v) is 9.11. The van der Waals surface area contributed by atoms with E-state index in [0.29, 0.717) is 23.5 Å². The van der Waals surface area contributed by atoms with Crippen LogP contribution in [0.2, 0.25) is 0 Å². The van der Waals surface area contributed by atoms with E-state index in [1.165, 1.54) is 19.1 Å². The third kappa shape index (κ3) is 3.55. The average Bonchev–Trinajstić information content (AvgIpc) is 3.02. The standard InChI is InChI=1S/C18H21F2N5O4S/c1-11-16(10-24(22-11)18(19)20)30(27,28)25-9-13(8-17(26)23-5-2-6-23)29-15-4-3-12(21)7-14(15)25/h3-4,7,10,13,18H,2,5-6,8-9,21H2,1H3/t13-/m0/s1. The molecule has 12 heteroatoms. The summed E-state index contributed by atoms with van der Waals surface area (Å²) in [6.45, 7) is -0.434. The zero-order valence-electron chi connectivity index (χ0n) is 16.2. The number of aryl methyl sites for hydroxylation is 1. The van der Waals surface area contributed by atoms with Crippen LogP contribution in [0.4, 0.5) is 20.2 Å². The Hall–Kier alpha value is -2.89. The van der Waals surface area contributed by atoms with Gasteiger partial charge in [0, 0.05) is 18.8 Å². The van der Waals surface area contributed by atoms with Crippen LogP contribution in [-0.2, 0) is 14.8 Å². The highest BCUT2D eigenvalue weighted by Gasteiger charge is 2.38. The number of nitrogens with two attached hydrogens (primary N) is 1. The van der Waals surface area contributed by atoms with Crippen molar-refractivity contribution in [1.82, 2.24) is 14.7 Å². The second-order valence-electron chi connectivity index (χ2n) is 7.28. The van der Waals surface area contributed by atoms with Crippen molar-refractivity contribution in [1.29, 1.82) is 0 Å². The SMILES string of the molecule is Cc1nn(C(F)F)cc1S(=O)(=O)N1C[C@H](CC(=O)N2CCC2)Oc2ccc(N)cc21. The van der Waals surface area contributed by atoms with E-state index in [2.05, 4.69) is 5.10 Å². The van der Waals surface area contributed by atoms with Crippen LogP contribution in [0.25, 0.3) is 0 Å². The van der Waals surface area contributed by atoms with Crippen molar-refractivity contribution in [3.63, 3.8) is 0 Å². The topological polar surface area (TPSA) is 111 Å². The Labute approximate surface area is 172 Å². The summed E-state index contributed by atoms with van der Waals surface area (Å²) < 4.78 is 60.0. The Kier molecular flexibility index (Phi) is 5.04. The van der Waals surface area contributed by atoms with Gasteiger partial charge in [-0.15, -0.1) is 0 Å². The van der Waals surface area contributed by atoms with E-state index in [1.54, 1.807) is 11.0 Å². The predicted molar refractivity (Wildman–Crippen MR) is 104 cm³/mol. The van der Waals surface area contributed by atoms with Gasteiger partial charge in [-0.2, -0.15) is 13.9 Å². The molecular formula is C18H21F2N5O4S. The number of nitrogen functional groups attached to an aromatic ring is 1. The Balaban J connectivity index is 1.71. The van der Waals surface area contributed by atoms with Gasteiger partial charge in [0.2, 0.25) is 5.91 Å². The molecule has 0 spiro atoms. The zero-order valence-corrected chi connectivity index (χ0v) is 17.0. The number of sulfonamides is 1. The molecule has 0 saturated carbocycles. The van der Waals surface area contributed by atoms with E-state index in [1.807, 2.05) is 0 Å². The zero-order chi connectivity index (χ0) is 21.6. The van der Waals surface area contributed by atoms with Crippen LogP contribution in [0.1, 0.15) is 25.1 Å². The fourth-order valence-corrected chi connectivity index (χ4v) is 5.15. The molecule has 0 unspecified atom stereocenters. The number of hydrogen-bond acceptors (Lipinski definition) is 6. The van der Waals surface area contributed by atoms with E-state index in [9.17, 15) is 22.0 Å². The molecule has 2 N–H and O–H groups in total. The first-order chi connectivity index (χ1) is 14.2. The Morgan fingerprint density at radius 3 is 2.70 bits per heavy atom. The van der Waals surface area contributed by atoms with E-state index < -0.39 is 22.7 Å². The van der Waals surface area contributed by atoms with Crippen LogP contribution >= 0.6 is 0 Å². The van der Waals surface area contributed by atoms with Crippen molar-refractivity contribution in [2.45, 2.75) is 37.3 Å². The van der Waals surface area contributed by atoms with E-state index in [0.717, 1.165) is 16.9 Å². The van der Waals surface area contributed by atoms with Gasteiger partial charge in [-0.3, -0.25) is 9.10 Å². The minimum atomic E-state index is -4.26. The van der Waals surface area contributed by atoms with Crippen molar-refractivity contribution < 1.29 is 26.7 Å². The highest BCUT2D eigenvalue weighted by molar-refractivity contribution is 7.92. The van der Waals surface area contributed by atoms with Gasteiger partial charge in [0.25, 0.3) is 10.0 Å². The maximum absolute atomic E-state index is 13.4. The number of benzene rings is 1. The van der Waals surface area contributed by atoms with Gasteiger partial charge in [0.05, 0.1) is 30.5 Å². The fraction of sp³-hybridized carbons (Fsp3) is 0.444. The molecule has 2 aliphatic rings. The number of ether oxygens (including phenoxy) is 1. The Bertz CT molecular complexity index is 1080. The van der Waals surface area contributed by atoms with Crippen LogP contribution in [0.5, 0.6) is 5.75 Å². The average molecular weight is 441 g/mol. The third-order valence-electron chi connectivity index (χ3n) is 5.17. The molecule has 2 aliphatic heterocycles. The minimum Gasteiger partial charge on any atom is -0.486 e. The molecule has 1 amide bonds. The van der Waals surface area contributed by atoms with Crippen LogP contribution in [0.3, 0.4) is 0 Å². The number of alkyl halides is 2. The van der Waals surface area contributed by atoms with Gasteiger partial charge < -0.3 is 15.4 Å². The van der Waals surface area contributed by atoms with Gasteiger partial charge in [0.15, 0.2) is 0 Å². The second kappa shape index (κ2) is 7.42. The number of anilines is 2. The molecule has 0 aliphatic carbocycles. The molecule has 0 radical (unpaired) electrons. The van der Waals surface area contributed by atoms with E-state index >= 15 is 0 Å². The number of carbonyl (C=O) groups is 1. The van der Waals surface area contributed by atoms with Crippen molar-refractivity contribution in [3.05, 3.63) is 30.1 Å². The lowest BCUT2D eigenvalue weighted by Crippen LogP contribution is -2.48. The number of nitrogens with zero attached hydrogens (tertiary/aromatic N) is 4. The van der Waals surface area contributed by atoms with Gasteiger partial charge >= 0.3 is 6.55 Å². The fourth-order valence-electron chi connectivity index (χ4n) is 3.49. The smallest absolute Gasteiger partial charge is 0.333 e. The van der Waals surface area contributed by atoms with Gasteiger partial charge in [-0.25, -0.2) is 13.1 Å². The minimum absolute atomic E-state index is 0.00507. The first-order valence-electron chi connectivity index (χ1n) is 9.37. The van der Waals surface area contributed by atoms with E-state index in [-0.39, 0.29) is 40.9 Å². The summed E-state index contributed by atoms with van der Waals surface area (Å²) in [5, 5.41) is 3.60. The summed E-state index contributed by atoms with van der Waals surface area (Å²) in [6, 6.07) is 4.53. The lowest BCUT2D eigenvalue weighted by Gasteiger charge is -2.37. The summed E-state index contributed by atoms with van der Waals surface area (Å²) in [6.07, 6.45) is 1.02. The summed E-state index contributed by atoms with van der Waals surface area (Å²) in [5.41, 5.74) is 6.27. The molecule has 1 fully saturated rings. The molecule has 0 bridgehead atoms. The Morgan fingerprint density at radius 2 is 2.10 bits per heavy atom. The first kappa shape index (κ1) is 20.4. The Morgan fingerprint density at radius 1 is 1.37 bits per heavy atom. The molecule has 1 saturated heterocycles. The number of fused-ring (bicyclic) bond motifs is 1. The van der Waals surface area contributed by atoms with Crippen molar-refractivity contribution in [2.75, 3.05) is 29.7 Å². The van der Waals surface area contributed by atoms with Gasteiger partial charge in [-0.05, 0) is 31.5 Å². The maximum atomic E-state index is 13.4. The van der Waals surface area contributed by atoms with Gasteiger partial charge in [0.1, 0.15) is 16.7 Å². The molecule has 2 aromatic rings. The quantitative estimate of drug-likeness (QED) is 0.708. The van der Waals surface area contributed by atoms with Crippen molar-refractivity contribution >= 4 is 27.3 Å². The highest BCUT2D eigenvalue weighted by Crippen LogP contribution is 2.39. The van der Waals surface area contributed by atoms with Crippen molar-refractivity contribution in [2.24, 2.45) is 0 Å². The highest BCUT2D eigenvalue weighted by atomic mass is 32.2. The third-order valence-corrected chi connectivity index (χ3v) is 7.05. The molecule has 4 rings (SSSR count). The molecule has 1 aromatic heterocycles. The molecule has 3 heterocycles. The van der Waals surface area contributed by atoms with Crippen LogP contribution in [0.15, 0.2) is 29.3 Å². The van der Waals surface area contributed by atoms with Gasteiger partial charge in [-0.1, -0.05) is 0 Å². The number of amides is 1. The normalized spacial score (nSPS) is 18.7. The number of hydrogen-bond donors (Lipinski definition) is 1. The molecule has 1 aromatic carbocycles. The molecule has 1 atom stereocenters. The van der Waals surface area contributed by atoms with Crippen molar-refractivity contribution in [3.8, 4) is 5.75 Å². The molecule has 30 heavy (non-hydrogen) atoms. The number of rotatable bonds is 5. The van der Waals surface area contributed by atoms with Crippen LogP contribution in [-0.4, -0.2) is 54.7 Å². The number of carbonyl (C=O) groups excluding carboxylic acids is 1. The molecule has 162 valence electrons. The predicted octanol–water partition coefficient (Wildman–Crippen LogP) is 1.75. The monoisotopic (exact) mass is 441 g/mol. The van der Waals surface area contributed by atoms with E-state index in [4.69, 9.17) is 10.5 Å². The van der Waals surface area contributed by atoms with Crippen LogP contribution in [0, 0.1) is 6.92 Å². The summed E-state index contributed by atoms with van der Waals surface area (Å²) >= 11 is 0. The number of aromatic nitrogens is 2. The summed E-state index contributed by atoms with van der Waals surface area (Å²) in [7, 11) is -4.26. The maximum Gasteiger partial charge on any atom is 0.333 e. The number of likely N-dealkylation sites (tertiary alicyclic amines) is 1. The lowest BCUT2D eigenvalue weighted by atomic mass is 10.1.